The van der Waals surface area contributed by atoms with Crippen LogP contribution in [0.25, 0.3) is 0 Å². The van der Waals surface area contributed by atoms with Crippen molar-refractivity contribution in [2.24, 2.45) is 10.4 Å². The molecule has 7 heteroatoms. The molecule has 0 saturated carbocycles. The molecule has 1 aromatic rings. The summed E-state index contributed by atoms with van der Waals surface area (Å²) in [7, 11) is 3.35. The summed E-state index contributed by atoms with van der Waals surface area (Å²) in [5.74, 6) is 0.674. The van der Waals surface area contributed by atoms with E-state index in [9.17, 15) is 4.79 Å². The van der Waals surface area contributed by atoms with Crippen LogP contribution in [0.2, 0.25) is 5.02 Å². The molecule has 23 heavy (non-hydrogen) atoms. The second kappa shape index (κ2) is 10.7. The molecule has 0 bridgehead atoms. The predicted molar refractivity (Wildman–Crippen MR) is 108 cm³/mol. The Morgan fingerprint density at radius 2 is 2.00 bits per heavy atom. The molecule has 0 heterocycles. The van der Waals surface area contributed by atoms with Gasteiger partial charge in [-0.25, -0.2) is 0 Å². The molecular formula is C16H26ClIN4O. The second-order valence-electron chi connectivity index (χ2n) is 5.70. The first-order chi connectivity index (χ1) is 10.4. The van der Waals surface area contributed by atoms with E-state index in [1.807, 2.05) is 38.1 Å². The van der Waals surface area contributed by atoms with Crippen molar-refractivity contribution >= 4 is 47.4 Å². The lowest BCUT2D eigenvalue weighted by molar-refractivity contribution is -0.128. The standard InChI is InChI=1S/C16H25ClN4O.HI/c1-16(2,14(22)18-3)11-21-15(19-4)20-9-8-12-6-5-7-13(17)10-12;/h5-7,10H,8-9,11H2,1-4H3,(H,18,22)(H2,19,20,21);1H. The number of carbonyl (C=O) groups excluding carboxylic acids is 1. The van der Waals surface area contributed by atoms with Crippen LogP contribution >= 0.6 is 35.6 Å². The van der Waals surface area contributed by atoms with Gasteiger partial charge < -0.3 is 16.0 Å². The molecule has 130 valence electrons. The van der Waals surface area contributed by atoms with Crippen LogP contribution in [0.1, 0.15) is 19.4 Å². The number of benzene rings is 1. The van der Waals surface area contributed by atoms with E-state index in [4.69, 9.17) is 11.6 Å². The smallest absolute Gasteiger partial charge is 0.227 e. The van der Waals surface area contributed by atoms with E-state index < -0.39 is 5.41 Å². The minimum atomic E-state index is -0.501. The number of halogens is 2. The van der Waals surface area contributed by atoms with Gasteiger partial charge in [-0.3, -0.25) is 9.79 Å². The fourth-order valence-corrected chi connectivity index (χ4v) is 2.17. The van der Waals surface area contributed by atoms with Crippen LogP contribution in [0, 0.1) is 5.41 Å². The van der Waals surface area contributed by atoms with Crippen molar-refractivity contribution in [3.05, 3.63) is 34.9 Å². The summed E-state index contributed by atoms with van der Waals surface area (Å²) < 4.78 is 0. The van der Waals surface area contributed by atoms with E-state index >= 15 is 0 Å². The molecule has 0 aliphatic carbocycles. The number of guanidine groups is 1. The Labute approximate surface area is 160 Å². The first kappa shape index (κ1) is 22.0. The molecule has 0 aliphatic heterocycles. The normalized spacial score (nSPS) is 11.4. The molecule has 0 unspecified atom stereocenters. The van der Waals surface area contributed by atoms with Gasteiger partial charge in [0.2, 0.25) is 5.91 Å². The molecule has 0 saturated heterocycles. The Balaban J connectivity index is 0.00000484. The van der Waals surface area contributed by atoms with E-state index in [0.29, 0.717) is 12.5 Å². The number of nitrogens with one attached hydrogen (secondary N) is 3. The monoisotopic (exact) mass is 452 g/mol. The van der Waals surface area contributed by atoms with Crippen LogP contribution in [0.15, 0.2) is 29.3 Å². The third kappa shape index (κ3) is 7.87. The molecule has 0 radical (unpaired) electrons. The van der Waals surface area contributed by atoms with E-state index in [-0.39, 0.29) is 29.9 Å². The van der Waals surface area contributed by atoms with Gasteiger partial charge in [-0.1, -0.05) is 23.7 Å². The molecule has 0 aliphatic rings. The highest BCUT2D eigenvalue weighted by atomic mass is 127. The number of nitrogens with zero attached hydrogens (tertiary/aromatic N) is 1. The summed E-state index contributed by atoms with van der Waals surface area (Å²) in [6.07, 6.45) is 0.847. The van der Waals surface area contributed by atoms with Crippen molar-refractivity contribution in [2.45, 2.75) is 20.3 Å². The SMILES string of the molecule is CN=C(NCCc1cccc(Cl)c1)NCC(C)(C)C(=O)NC.I. The lowest BCUT2D eigenvalue weighted by Crippen LogP contribution is -2.47. The summed E-state index contributed by atoms with van der Waals surface area (Å²) >= 11 is 5.96. The summed E-state index contributed by atoms with van der Waals surface area (Å²) in [5, 5.41) is 9.81. The van der Waals surface area contributed by atoms with Gasteiger partial charge >= 0.3 is 0 Å². The van der Waals surface area contributed by atoms with Gasteiger partial charge in [0.15, 0.2) is 5.96 Å². The van der Waals surface area contributed by atoms with Gasteiger partial charge in [-0.05, 0) is 38.0 Å². The van der Waals surface area contributed by atoms with Crippen molar-refractivity contribution in [3.63, 3.8) is 0 Å². The molecule has 1 amide bonds. The molecule has 0 spiro atoms. The summed E-state index contributed by atoms with van der Waals surface area (Å²) in [6, 6.07) is 7.79. The molecule has 0 atom stereocenters. The molecule has 1 rings (SSSR count). The van der Waals surface area contributed by atoms with Gasteiger partial charge in [0, 0.05) is 32.2 Å². The highest BCUT2D eigenvalue weighted by molar-refractivity contribution is 14.0. The fourth-order valence-electron chi connectivity index (χ4n) is 1.96. The highest BCUT2D eigenvalue weighted by Gasteiger charge is 2.26. The summed E-state index contributed by atoms with van der Waals surface area (Å²) in [4.78, 5) is 15.9. The average molecular weight is 453 g/mol. The van der Waals surface area contributed by atoms with E-state index in [2.05, 4.69) is 20.9 Å². The zero-order valence-electron chi connectivity index (χ0n) is 14.1. The first-order valence-corrected chi connectivity index (χ1v) is 7.68. The number of hydrogen-bond acceptors (Lipinski definition) is 2. The average Bonchev–Trinajstić information content (AvgIpc) is 2.49. The number of rotatable bonds is 6. The van der Waals surface area contributed by atoms with Gasteiger partial charge in [0.25, 0.3) is 0 Å². The number of carbonyl (C=O) groups is 1. The van der Waals surface area contributed by atoms with Crippen LogP contribution in [0.5, 0.6) is 0 Å². The van der Waals surface area contributed by atoms with Crippen molar-refractivity contribution in [1.82, 2.24) is 16.0 Å². The number of amides is 1. The van der Waals surface area contributed by atoms with Crippen LogP contribution < -0.4 is 16.0 Å². The molecular weight excluding hydrogens is 427 g/mol. The molecule has 3 N–H and O–H groups in total. The summed E-state index contributed by atoms with van der Waals surface area (Å²) in [6.45, 7) is 5.01. The van der Waals surface area contributed by atoms with Crippen LogP contribution in [0.4, 0.5) is 0 Å². The maximum atomic E-state index is 11.7. The Kier molecular flexibility index (Phi) is 10.2. The number of hydrogen-bond donors (Lipinski definition) is 3. The van der Waals surface area contributed by atoms with E-state index in [1.54, 1.807) is 14.1 Å². The minimum absolute atomic E-state index is 0. The third-order valence-corrected chi connectivity index (χ3v) is 3.59. The Morgan fingerprint density at radius 1 is 1.30 bits per heavy atom. The largest absolute Gasteiger partial charge is 0.359 e. The number of aliphatic imine (C=N–C) groups is 1. The van der Waals surface area contributed by atoms with Crippen molar-refractivity contribution < 1.29 is 4.79 Å². The highest BCUT2D eigenvalue weighted by Crippen LogP contribution is 2.13. The molecule has 0 aromatic heterocycles. The molecule has 5 nitrogen and oxygen atoms in total. The van der Waals surface area contributed by atoms with Crippen LogP contribution in [-0.4, -0.2) is 39.1 Å². The topological polar surface area (TPSA) is 65.5 Å². The third-order valence-electron chi connectivity index (χ3n) is 3.36. The second-order valence-corrected chi connectivity index (χ2v) is 6.13. The van der Waals surface area contributed by atoms with Crippen LogP contribution in [-0.2, 0) is 11.2 Å². The first-order valence-electron chi connectivity index (χ1n) is 7.30. The van der Waals surface area contributed by atoms with Gasteiger partial charge in [-0.15, -0.1) is 24.0 Å². The van der Waals surface area contributed by atoms with Gasteiger partial charge in [-0.2, -0.15) is 0 Å². The Hall–Kier alpha value is -1.02. The van der Waals surface area contributed by atoms with Crippen molar-refractivity contribution in [3.8, 4) is 0 Å². The zero-order chi connectivity index (χ0) is 16.6. The van der Waals surface area contributed by atoms with E-state index in [1.165, 1.54) is 5.56 Å². The maximum Gasteiger partial charge on any atom is 0.227 e. The van der Waals surface area contributed by atoms with Gasteiger partial charge in [0.05, 0.1) is 5.41 Å². The zero-order valence-corrected chi connectivity index (χ0v) is 17.2. The maximum absolute atomic E-state index is 11.7. The van der Waals surface area contributed by atoms with Crippen molar-refractivity contribution in [2.75, 3.05) is 27.2 Å². The quantitative estimate of drug-likeness (QED) is 0.353. The lowest BCUT2D eigenvalue weighted by Gasteiger charge is -2.24. The van der Waals surface area contributed by atoms with Crippen LogP contribution in [0.3, 0.4) is 0 Å². The lowest BCUT2D eigenvalue weighted by atomic mass is 9.92. The minimum Gasteiger partial charge on any atom is -0.359 e. The van der Waals surface area contributed by atoms with E-state index in [0.717, 1.165) is 18.0 Å². The van der Waals surface area contributed by atoms with Crippen molar-refractivity contribution in [1.29, 1.82) is 0 Å². The Bertz CT molecular complexity index is 535. The molecule has 0 fully saturated rings. The van der Waals surface area contributed by atoms with Gasteiger partial charge in [0.1, 0.15) is 0 Å². The predicted octanol–water partition coefficient (Wildman–Crippen LogP) is 2.44. The fraction of sp³-hybridized carbons (Fsp3) is 0.500. The Morgan fingerprint density at radius 3 is 2.57 bits per heavy atom. The summed E-state index contributed by atoms with van der Waals surface area (Å²) in [5.41, 5.74) is 0.667. The molecule has 1 aromatic carbocycles.